The van der Waals surface area contributed by atoms with Crippen molar-refractivity contribution in [3.63, 3.8) is 0 Å². The molecule has 0 aromatic heterocycles. The third kappa shape index (κ3) is 5.56. The lowest BCUT2D eigenvalue weighted by molar-refractivity contribution is -0.130. The highest BCUT2D eigenvalue weighted by molar-refractivity contribution is 5.96. The topological polar surface area (TPSA) is 84.5 Å². The molecule has 0 radical (unpaired) electrons. The molecule has 1 atom stereocenters. The van der Waals surface area contributed by atoms with Gasteiger partial charge < -0.3 is 15.4 Å². The normalized spacial score (nSPS) is 11.5. The number of ether oxygens (including phenoxy) is 1. The summed E-state index contributed by atoms with van der Waals surface area (Å²) in [6.07, 6.45) is -1.20. The molecule has 6 nitrogen and oxygen atoms in total. The van der Waals surface area contributed by atoms with Gasteiger partial charge in [0.15, 0.2) is 23.6 Å². The van der Waals surface area contributed by atoms with E-state index < -0.39 is 53.6 Å². The summed E-state index contributed by atoms with van der Waals surface area (Å²) >= 11 is 0. The number of rotatable bonds is 6. The second-order valence-electron chi connectivity index (χ2n) is 6.34. The number of anilines is 1. The number of aryl methyl sites for hydroxylation is 2. The van der Waals surface area contributed by atoms with E-state index in [4.69, 9.17) is 4.74 Å². The van der Waals surface area contributed by atoms with Gasteiger partial charge in [0.1, 0.15) is 0 Å². The van der Waals surface area contributed by atoms with Crippen LogP contribution in [-0.4, -0.2) is 30.4 Å². The molecule has 0 aliphatic heterocycles. The van der Waals surface area contributed by atoms with Gasteiger partial charge in [0.2, 0.25) is 5.91 Å². The molecule has 2 amide bonds. The Hall–Kier alpha value is -3.36. The van der Waals surface area contributed by atoms with Gasteiger partial charge in [0.05, 0.1) is 17.8 Å². The van der Waals surface area contributed by atoms with E-state index in [1.807, 2.05) is 19.2 Å². The lowest BCUT2D eigenvalue weighted by Gasteiger charge is -2.14. The van der Waals surface area contributed by atoms with Gasteiger partial charge in [-0.3, -0.25) is 9.59 Å². The predicted octanol–water partition coefficient (Wildman–Crippen LogP) is 3.02. The zero-order chi connectivity index (χ0) is 21.7. The van der Waals surface area contributed by atoms with Gasteiger partial charge in [0, 0.05) is 0 Å². The summed E-state index contributed by atoms with van der Waals surface area (Å²) in [6, 6.07) is 6.45. The van der Waals surface area contributed by atoms with E-state index in [2.05, 4.69) is 5.32 Å². The molecule has 154 valence electrons. The van der Waals surface area contributed by atoms with Crippen LogP contribution in [0.25, 0.3) is 0 Å². The standard InChI is InChI=1S/C20H19F3N2O4/c1-10-4-5-13(8-11(10)2)20(28)29-12(3)19(27)24-9-16(26)25-15-7-6-14(21)17(22)18(15)23/h4-8,12H,9H2,1-3H3,(H,24,27)(H,25,26). The first-order chi connectivity index (χ1) is 13.6. The van der Waals surface area contributed by atoms with Crippen molar-refractivity contribution in [2.24, 2.45) is 0 Å². The fourth-order valence-corrected chi connectivity index (χ4v) is 2.28. The van der Waals surface area contributed by atoms with Crippen LogP contribution < -0.4 is 10.6 Å². The molecular formula is C20H19F3N2O4. The number of carbonyl (C=O) groups is 3. The highest BCUT2D eigenvalue weighted by Crippen LogP contribution is 2.19. The maximum absolute atomic E-state index is 13.5. The van der Waals surface area contributed by atoms with E-state index in [0.717, 1.165) is 17.2 Å². The molecule has 9 heteroatoms. The Morgan fingerprint density at radius 3 is 2.34 bits per heavy atom. The highest BCUT2D eigenvalue weighted by Gasteiger charge is 2.20. The van der Waals surface area contributed by atoms with Crippen LogP contribution in [0, 0.1) is 31.3 Å². The van der Waals surface area contributed by atoms with E-state index >= 15 is 0 Å². The van der Waals surface area contributed by atoms with Gasteiger partial charge in [-0.2, -0.15) is 0 Å². The van der Waals surface area contributed by atoms with Crippen molar-refractivity contribution < 1.29 is 32.3 Å². The van der Waals surface area contributed by atoms with Crippen LogP contribution in [-0.2, 0) is 14.3 Å². The molecule has 0 bridgehead atoms. The van der Waals surface area contributed by atoms with E-state index in [1.54, 1.807) is 18.2 Å². The fourth-order valence-electron chi connectivity index (χ4n) is 2.28. The Kier molecular flexibility index (Phi) is 6.98. The lowest BCUT2D eigenvalue weighted by Crippen LogP contribution is -2.40. The maximum Gasteiger partial charge on any atom is 0.338 e. The average molecular weight is 408 g/mol. The first-order valence-corrected chi connectivity index (χ1v) is 8.59. The van der Waals surface area contributed by atoms with Crippen molar-refractivity contribution in [3.8, 4) is 0 Å². The molecule has 0 saturated heterocycles. The minimum absolute atomic E-state index is 0.277. The Morgan fingerprint density at radius 1 is 1.00 bits per heavy atom. The van der Waals surface area contributed by atoms with Crippen LogP contribution in [0.15, 0.2) is 30.3 Å². The lowest BCUT2D eigenvalue weighted by atomic mass is 10.1. The molecule has 0 aliphatic carbocycles. The summed E-state index contributed by atoms with van der Waals surface area (Å²) in [5, 5.41) is 4.21. The first-order valence-electron chi connectivity index (χ1n) is 8.59. The second-order valence-corrected chi connectivity index (χ2v) is 6.34. The summed E-state index contributed by atoms with van der Waals surface area (Å²) in [5.74, 6) is -7.02. The van der Waals surface area contributed by atoms with Crippen LogP contribution in [0.2, 0.25) is 0 Å². The van der Waals surface area contributed by atoms with Crippen LogP contribution >= 0.6 is 0 Å². The molecule has 2 aromatic carbocycles. The third-order valence-electron chi connectivity index (χ3n) is 4.13. The molecule has 0 saturated carbocycles. The number of amides is 2. The predicted molar refractivity (Wildman–Crippen MR) is 98.7 cm³/mol. The largest absolute Gasteiger partial charge is 0.449 e. The summed E-state index contributed by atoms with van der Waals surface area (Å²) in [5.41, 5.74) is 1.59. The summed E-state index contributed by atoms with van der Waals surface area (Å²) < 4.78 is 44.6. The van der Waals surface area contributed by atoms with E-state index in [-0.39, 0.29) is 5.56 Å². The van der Waals surface area contributed by atoms with Crippen molar-refractivity contribution in [2.75, 3.05) is 11.9 Å². The first kappa shape index (κ1) is 21.9. The van der Waals surface area contributed by atoms with Gasteiger partial charge in [-0.1, -0.05) is 6.07 Å². The number of esters is 1. The molecule has 0 heterocycles. The third-order valence-corrected chi connectivity index (χ3v) is 4.13. The second kappa shape index (κ2) is 9.22. The zero-order valence-corrected chi connectivity index (χ0v) is 15.9. The molecule has 0 spiro atoms. The molecule has 1 unspecified atom stereocenters. The molecule has 2 rings (SSSR count). The fraction of sp³-hybridized carbons (Fsp3) is 0.250. The van der Waals surface area contributed by atoms with Crippen molar-refractivity contribution in [2.45, 2.75) is 26.9 Å². The molecule has 0 aliphatic rings. The molecular weight excluding hydrogens is 389 g/mol. The van der Waals surface area contributed by atoms with Crippen molar-refractivity contribution in [1.82, 2.24) is 5.32 Å². The Balaban J connectivity index is 1.87. The molecule has 2 aromatic rings. The van der Waals surface area contributed by atoms with Gasteiger partial charge in [-0.15, -0.1) is 0 Å². The summed E-state index contributed by atoms with van der Waals surface area (Å²) in [4.78, 5) is 35.9. The van der Waals surface area contributed by atoms with E-state index in [0.29, 0.717) is 6.07 Å². The number of nitrogens with one attached hydrogen (secondary N) is 2. The van der Waals surface area contributed by atoms with Crippen molar-refractivity contribution in [1.29, 1.82) is 0 Å². The SMILES string of the molecule is Cc1ccc(C(=O)OC(C)C(=O)NCC(=O)Nc2ccc(F)c(F)c2F)cc1C. The Bertz CT molecular complexity index is 963. The van der Waals surface area contributed by atoms with E-state index in [9.17, 15) is 27.6 Å². The van der Waals surface area contributed by atoms with Crippen LogP contribution in [0.5, 0.6) is 0 Å². The summed E-state index contributed by atoms with van der Waals surface area (Å²) in [6.45, 7) is 4.44. The minimum Gasteiger partial charge on any atom is -0.449 e. The summed E-state index contributed by atoms with van der Waals surface area (Å²) in [7, 11) is 0. The van der Waals surface area contributed by atoms with Crippen LogP contribution in [0.3, 0.4) is 0 Å². The number of hydrogen-bond acceptors (Lipinski definition) is 4. The highest BCUT2D eigenvalue weighted by atomic mass is 19.2. The monoisotopic (exact) mass is 408 g/mol. The molecule has 0 fully saturated rings. The Morgan fingerprint density at radius 2 is 1.69 bits per heavy atom. The molecule has 29 heavy (non-hydrogen) atoms. The number of hydrogen-bond donors (Lipinski definition) is 2. The van der Waals surface area contributed by atoms with Crippen LogP contribution in [0.1, 0.15) is 28.4 Å². The number of benzene rings is 2. The van der Waals surface area contributed by atoms with Gasteiger partial charge in [-0.05, 0) is 56.2 Å². The minimum atomic E-state index is -1.72. The smallest absolute Gasteiger partial charge is 0.338 e. The average Bonchev–Trinajstić information content (AvgIpc) is 2.68. The van der Waals surface area contributed by atoms with E-state index in [1.165, 1.54) is 6.92 Å². The Labute approximate surface area is 165 Å². The van der Waals surface area contributed by atoms with Crippen molar-refractivity contribution in [3.05, 3.63) is 64.5 Å². The van der Waals surface area contributed by atoms with Gasteiger partial charge in [0.25, 0.3) is 5.91 Å². The zero-order valence-electron chi connectivity index (χ0n) is 15.9. The van der Waals surface area contributed by atoms with Gasteiger partial charge >= 0.3 is 5.97 Å². The maximum atomic E-state index is 13.5. The van der Waals surface area contributed by atoms with Crippen LogP contribution in [0.4, 0.5) is 18.9 Å². The molecule has 2 N–H and O–H groups in total. The van der Waals surface area contributed by atoms with Crippen molar-refractivity contribution >= 4 is 23.5 Å². The van der Waals surface area contributed by atoms with Gasteiger partial charge in [-0.25, -0.2) is 18.0 Å². The quantitative estimate of drug-likeness (QED) is 0.569. The number of carbonyl (C=O) groups excluding carboxylic acids is 3. The number of halogens is 3.